The topological polar surface area (TPSA) is 83.1 Å². The summed E-state index contributed by atoms with van der Waals surface area (Å²) in [5.41, 5.74) is 1.37. The Bertz CT molecular complexity index is 875. The number of nitriles is 2. The Labute approximate surface area is 133 Å². The summed E-state index contributed by atoms with van der Waals surface area (Å²) < 4.78 is 11.0. The maximum absolute atomic E-state index is 11.8. The van der Waals surface area contributed by atoms with Gasteiger partial charge in [-0.3, -0.25) is 4.79 Å². The highest BCUT2D eigenvalue weighted by molar-refractivity contribution is 5.86. The van der Waals surface area contributed by atoms with Crippen LogP contribution in [0.2, 0.25) is 0 Å². The highest BCUT2D eigenvalue weighted by Gasteiger charge is 2.31. The molecule has 0 amide bonds. The van der Waals surface area contributed by atoms with Crippen molar-refractivity contribution in [2.75, 3.05) is 0 Å². The monoisotopic (exact) mass is 304 g/mol. The normalized spacial score (nSPS) is 15.3. The molecule has 0 saturated heterocycles. The molecule has 2 aromatic carbocycles. The lowest BCUT2D eigenvalue weighted by atomic mass is 9.98. The molecule has 23 heavy (non-hydrogen) atoms. The molecule has 1 unspecified atom stereocenters. The fourth-order valence-corrected chi connectivity index (χ4v) is 2.56. The van der Waals surface area contributed by atoms with Crippen molar-refractivity contribution in [3.8, 4) is 29.4 Å². The smallest absolute Gasteiger partial charge is 0.318 e. The number of rotatable bonds is 3. The first-order chi connectivity index (χ1) is 11.2. The molecule has 1 aliphatic heterocycles. The van der Waals surface area contributed by atoms with Crippen LogP contribution in [0.4, 0.5) is 0 Å². The predicted octanol–water partition coefficient (Wildman–Crippen LogP) is 3.63. The first-order valence-electron chi connectivity index (χ1n) is 7.14. The van der Waals surface area contributed by atoms with Crippen molar-refractivity contribution in [1.29, 1.82) is 10.5 Å². The van der Waals surface area contributed by atoms with E-state index in [1.807, 2.05) is 19.1 Å². The third kappa shape index (κ3) is 2.61. The summed E-state index contributed by atoms with van der Waals surface area (Å²) >= 11 is 0. The van der Waals surface area contributed by atoms with E-state index in [-0.39, 0.29) is 17.5 Å². The minimum Gasteiger partial charge on any atom is -0.457 e. The van der Waals surface area contributed by atoms with Gasteiger partial charge < -0.3 is 9.47 Å². The first-order valence-corrected chi connectivity index (χ1v) is 7.14. The molecule has 1 atom stereocenters. The van der Waals surface area contributed by atoms with Crippen molar-refractivity contribution < 1.29 is 14.3 Å². The Kier molecular flexibility index (Phi) is 3.70. The molecular formula is C18H12N2O3. The van der Waals surface area contributed by atoms with Crippen LogP contribution >= 0.6 is 0 Å². The molecule has 0 spiro atoms. The minimum absolute atomic E-state index is 0.246. The summed E-state index contributed by atoms with van der Waals surface area (Å²) in [5.74, 6) is 1.05. The molecule has 1 aliphatic rings. The zero-order valence-electron chi connectivity index (χ0n) is 12.4. The summed E-state index contributed by atoms with van der Waals surface area (Å²) in [4.78, 5) is 11.8. The van der Waals surface area contributed by atoms with E-state index >= 15 is 0 Å². The van der Waals surface area contributed by atoms with Gasteiger partial charge in [0, 0.05) is 5.56 Å². The number of benzene rings is 2. The molecule has 1 heterocycles. The van der Waals surface area contributed by atoms with Crippen molar-refractivity contribution in [2.24, 2.45) is 0 Å². The van der Waals surface area contributed by atoms with E-state index in [1.54, 1.807) is 30.3 Å². The van der Waals surface area contributed by atoms with Gasteiger partial charge in [0.15, 0.2) is 0 Å². The van der Waals surface area contributed by atoms with Gasteiger partial charge in [-0.2, -0.15) is 10.5 Å². The molecule has 112 valence electrons. The van der Waals surface area contributed by atoms with Crippen molar-refractivity contribution in [2.45, 2.75) is 19.3 Å². The third-order valence-corrected chi connectivity index (χ3v) is 3.73. The number of esters is 1. The van der Waals surface area contributed by atoms with Crippen molar-refractivity contribution in [3.05, 3.63) is 53.1 Å². The van der Waals surface area contributed by atoms with E-state index < -0.39 is 0 Å². The number of carbonyl (C=O) groups is 1. The van der Waals surface area contributed by atoms with Gasteiger partial charge in [-0.25, -0.2) is 0 Å². The summed E-state index contributed by atoms with van der Waals surface area (Å²) in [7, 11) is 0. The Morgan fingerprint density at radius 3 is 2.48 bits per heavy atom. The number of fused-ring (bicyclic) bond motifs is 1. The first kappa shape index (κ1) is 14.6. The Balaban J connectivity index is 1.91. The SMILES string of the molecule is CCC1C(=O)Oc2ccc(Oc3ccc(C#N)c(C#N)c3)cc21. The lowest BCUT2D eigenvalue weighted by molar-refractivity contribution is -0.134. The van der Waals surface area contributed by atoms with E-state index in [1.165, 1.54) is 6.07 Å². The zero-order chi connectivity index (χ0) is 16.4. The van der Waals surface area contributed by atoms with Crippen LogP contribution in [0.3, 0.4) is 0 Å². The van der Waals surface area contributed by atoms with E-state index in [2.05, 4.69) is 0 Å². The molecular weight excluding hydrogens is 292 g/mol. The van der Waals surface area contributed by atoms with Crippen LogP contribution in [0.1, 0.15) is 36.0 Å². The van der Waals surface area contributed by atoms with E-state index in [4.69, 9.17) is 20.0 Å². The van der Waals surface area contributed by atoms with Gasteiger partial charge in [-0.05, 0) is 42.8 Å². The summed E-state index contributed by atoms with van der Waals surface area (Å²) in [6, 6.07) is 13.8. The summed E-state index contributed by atoms with van der Waals surface area (Å²) in [6.45, 7) is 1.92. The van der Waals surface area contributed by atoms with Crippen molar-refractivity contribution in [3.63, 3.8) is 0 Å². The second-order valence-electron chi connectivity index (χ2n) is 5.11. The van der Waals surface area contributed by atoms with Crippen LogP contribution in [0.15, 0.2) is 36.4 Å². The molecule has 0 bridgehead atoms. The quantitative estimate of drug-likeness (QED) is 0.638. The minimum atomic E-state index is -0.274. The number of hydrogen-bond acceptors (Lipinski definition) is 5. The van der Waals surface area contributed by atoms with Gasteiger partial charge >= 0.3 is 5.97 Å². The standard InChI is InChI=1S/C18H12N2O3/c1-2-15-16-8-14(5-6-17(16)23-18(15)21)22-13-4-3-11(9-19)12(7-13)10-20/h3-8,15H,2H2,1H3. The van der Waals surface area contributed by atoms with Gasteiger partial charge in [0.25, 0.3) is 0 Å². The van der Waals surface area contributed by atoms with Crippen LogP contribution < -0.4 is 9.47 Å². The predicted molar refractivity (Wildman–Crippen MR) is 81.1 cm³/mol. The molecule has 3 rings (SSSR count). The van der Waals surface area contributed by atoms with Gasteiger partial charge in [0.05, 0.1) is 17.0 Å². The second kappa shape index (κ2) is 5.82. The molecule has 0 aliphatic carbocycles. The number of nitrogens with zero attached hydrogens (tertiary/aromatic N) is 2. The van der Waals surface area contributed by atoms with Gasteiger partial charge in [-0.1, -0.05) is 6.92 Å². The lowest BCUT2D eigenvalue weighted by Crippen LogP contribution is -2.08. The van der Waals surface area contributed by atoms with Crippen molar-refractivity contribution in [1.82, 2.24) is 0 Å². The van der Waals surface area contributed by atoms with Crippen LogP contribution in [-0.2, 0) is 4.79 Å². The highest BCUT2D eigenvalue weighted by Crippen LogP contribution is 2.39. The molecule has 2 aromatic rings. The van der Waals surface area contributed by atoms with Gasteiger partial charge in [0.1, 0.15) is 29.4 Å². The van der Waals surface area contributed by atoms with Crippen LogP contribution in [0.25, 0.3) is 0 Å². The number of hydrogen-bond donors (Lipinski definition) is 0. The number of carbonyl (C=O) groups excluding carboxylic acids is 1. The van der Waals surface area contributed by atoms with E-state index in [0.717, 1.165) is 5.56 Å². The Morgan fingerprint density at radius 2 is 1.78 bits per heavy atom. The second-order valence-corrected chi connectivity index (χ2v) is 5.11. The average molecular weight is 304 g/mol. The average Bonchev–Trinajstić information content (AvgIpc) is 2.89. The molecule has 0 radical (unpaired) electrons. The number of ether oxygens (including phenoxy) is 2. The molecule has 0 fully saturated rings. The molecule has 0 N–H and O–H groups in total. The van der Waals surface area contributed by atoms with E-state index in [0.29, 0.717) is 29.2 Å². The van der Waals surface area contributed by atoms with E-state index in [9.17, 15) is 4.79 Å². The fourth-order valence-electron chi connectivity index (χ4n) is 2.56. The molecule has 5 nitrogen and oxygen atoms in total. The third-order valence-electron chi connectivity index (χ3n) is 3.73. The van der Waals surface area contributed by atoms with Crippen LogP contribution in [0, 0.1) is 22.7 Å². The Hall–Kier alpha value is -3.31. The highest BCUT2D eigenvalue weighted by atomic mass is 16.5. The van der Waals surface area contributed by atoms with Crippen molar-refractivity contribution >= 4 is 5.97 Å². The van der Waals surface area contributed by atoms with Crippen LogP contribution in [0.5, 0.6) is 17.2 Å². The van der Waals surface area contributed by atoms with Gasteiger partial charge in [-0.15, -0.1) is 0 Å². The largest absolute Gasteiger partial charge is 0.457 e. The van der Waals surface area contributed by atoms with Gasteiger partial charge in [0.2, 0.25) is 0 Å². The molecule has 0 aromatic heterocycles. The molecule has 5 heteroatoms. The fraction of sp³-hybridized carbons (Fsp3) is 0.167. The summed E-state index contributed by atoms with van der Waals surface area (Å²) in [6.07, 6.45) is 0.657. The zero-order valence-corrected chi connectivity index (χ0v) is 12.4. The maximum atomic E-state index is 11.8. The Morgan fingerprint density at radius 1 is 1.09 bits per heavy atom. The maximum Gasteiger partial charge on any atom is 0.318 e. The molecule has 0 saturated carbocycles. The van der Waals surface area contributed by atoms with Crippen LogP contribution in [-0.4, -0.2) is 5.97 Å². The lowest BCUT2D eigenvalue weighted by Gasteiger charge is -2.09. The summed E-state index contributed by atoms with van der Waals surface area (Å²) in [5, 5.41) is 18.0.